The van der Waals surface area contributed by atoms with Crippen LogP contribution < -0.4 is 10.1 Å². The van der Waals surface area contributed by atoms with Gasteiger partial charge in [-0.05, 0) is 6.07 Å². The molecule has 9 heteroatoms. The van der Waals surface area contributed by atoms with Crippen molar-refractivity contribution < 1.29 is 19.2 Å². The second-order valence-electron chi connectivity index (χ2n) is 4.28. The number of H-pyrrole nitrogens is 1. The first-order valence-electron chi connectivity index (χ1n) is 6.23. The van der Waals surface area contributed by atoms with Crippen LogP contribution in [0.1, 0.15) is 15.9 Å². The Morgan fingerprint density at radius 2 is 2.23 bits per heavy atom. The Hall–Kier alpha value is -3.10. The molecule has 0 saturated carbocycles. The van der Waals surface area contributed by atoms with E-state index in [0.717, 1.165) is 11.6 Å². The molecule has 2 rings (SSSR count). The molecule has 1 aromatic heterocycles. The smallest absolute Gasteiger partial charge is 0.338 e. The predicted molar refractivity (Wildman–Crippen MR) is 76.9 cm³/mol. The average molecular weight is 306 g/mol. The number of methoxy groups -OCH3 is 2. The first kappa shape index (κ1) is 15.3. The first-order valence-corrected chi connectivity index (χ1v) is 6.23. The molecular weight excluding hydrogens is 292 g/mol. The normalized spacial score (nSPS) is 10.1. The lowest BCUT2D eigenvalue weighted by molar-refractivity contribution is -0.384. The molecule has 0 saturated heterocycles. The number of carbonyl (C=O) groups excluding carboxylic acids is 1. The molecular formula is C13H14N4O5. The molecule has 0 amide bonds. The van der Waals surface area contributed by atoms with Crippen LogP contribution in [-0.4, -0.2) is 35.3 Å². The minimum atomic E-state index is -0.678. The molecule has 0 radical (unpaired) electrons. The van der Waals surface area contributed by atoms with Crippen LogP contribution in [0.3, 0.4) is 0 Å². The molecule has 0 aliphatic heterocycles. The van der Waals surface area contributed by atoms with E-state index >= 15 is 0 Å². The van der Waals surface area contributed by atoms with Gasteiger partial charge in [0.2, 0.25) is 0 Å². The molecule has 1 heterocycles. The van der Waals surface area contributed by atoms with Crippen molar-refractivity contribution in [2.75, 3.05) is 19.5 Å². The van der Waals surface area contributed by atoms with Gasteiger partial charge < -0.3 is 14.8 Å². The van der Waals surface area contributed by atoms with Crippen LogP contribution in [0, 0.1) is 10.1 Å². The molecule has 0 aliphatic carbocycles. The Morgan fingerprint density at radius 3 is 2.77 bits per heavy atom. The second-order valence-corrected chi connectivity index (χ2v) is 4.28. The van der Waals surface area contributed by atoms with Gasteiger partial charge in [-0.1, -0.05) is 0 Å². The van der Waals surface area contributed by atoms with E-state index in [1.165, 1.54) is 20.3 Å². The molecule has 0 unspecified atom stereocenters. The van der Waals surface area contributed by atoms with Gasteiger partial charge in [0.15, 0.2) is 5.69 Å². The van der Waals surface area contributed by atoms with E-state index in [4.69, 9.17) is 4.74 Å². The van der Waals surface area contributed by atoms with Crippen molar-refractivity contribution in [2.45, 2.75) is 6.54 Å². The van der Waals surface area contributed by atoms with E-state index in [2.05, 4.69) is 20.3 Å². The fraction of sp³-hybridized carbons (Fsp3) is 0.231. The fourth-order valence-electron chi connectivity index (χ4n) is 1.88. The molecule has 1 aromatic carbocycles. The van der Waals surface area contributed by atoms with Gasteiger partial charge in [0, 0.05) is 24.4 Å². The van der Waals surface area contributed by atoms with Crippen LogP contribution >= 0.6 is 0 Å². The van der Waals surface area contributed by atoms with Crippen LogP contribution in [0.15, 0.2) is 24.5 Å². The van der Waals surface area contributed by atoms with Crippen molar-refractivity contribution in [2.24, 2.45) is 0 Å². The summed E-state index contributed by atoms with van der Waals surface area (Å²) >= 11 is 0. The third kappa shape index (κ3) is 3.14. The first-order chi connectivity index (χ1) is 10.6. The van der Waals surface area contributed by atoms with E-state index in [-0.39, 0.29) is 22.7 Å². The zero-order valence-corrected chi connectivity index (χ0v) is 12.0. The Balaban J connectivity index is 2.41. The van der Waals surface area contributed by atoms with E-state index < -0.39 is 10.9 Å². The fourth-order valence-corrected chi connectivity index (χ4v) is 1.88. The number of hydrogen-bond donors (Lipinski definition) is 2. The van der Waals surface area contributed by atoms with Gasteiger partial charge in [-0.15, -0.1) is 0 Å². The number of aromatic nitrogens is 2. The number of rotatable bonds is 6. The highest BCUT2D eigenvalue weighted by Gasteiger charge is 2.23. The van der Waals surface area contributed by atoms with Crippen molar-refractivity contribution in [3.63, 3.8) is 0 Å². The van der Waals surface area contributed by atoms with Gasteiger partial charge in [0.05, 0.1) is 30.9 Å². The predicted octanol–water partition coefficient (Wildman–Crippen LogP) is 1.73. The highest BCUT2D eigenvalue weighted by atomic mass is 16.6. The lowest BCUT2D eigenvalue weighted by Crippen LogP contribution is -2.08. The third-order valence-electron chi connectivity index (χ3n) is 2.94. The number of nitrogens with zero attached hydrogens (tertiary/aromatic N) is 2. The largest absolute Gasteiger partial charge is 0.494 e. The van der Waals surface area contributed by atoms with Gasteiger partial charge in [-0.2, -0.15) is 5.10 Å². The molecule has 0 aliphatic rings. The number of nitro groups is 1. The maximum atomic E-state index is 11.6. The molecule has 0 fully saturated rings. The van der Waals surface area contributed by atoms with Gasteiger partial charge in [-0.25, -0.2) is 4.79 Å². The zero-order valence-electron chi connectivity index (χ0n) is 12.0. The minimum Gasteiger partial charge on any atom is -0.494 e. The highest BCUT2D eigenvalue weighted by molar-refractivity contribution is 5.92. The number of esters is 1. The summed E-state index contributed by atoms with van der Waals surface area (Å²) in [5.74, 6) is -0.499. The summed E-state index contributed by atoms with van der Waals surface area (Å²) in [6.07, 6.45) is 3.25. The SMILES string of the molecule is COC(=O)c1cc(OC)c(NCc2cn[nH]c2)c([N+](=O)[O-])c1. The second kappa shape index (κ2) is 6.57. The molecule has 116 valence electrons. The maximum Gasteiger partial charge on any atom is 0.338 e. The summed E-state index contributed by atoms with van der Waals surface area (Å²) < 4.78 is 9.72. The standard InChI is InChI=1S/C13H14N4O5/c1-21-11-4-9(13(18)22-2)3-10(17(19)20)12(11)14-5-8-6-15-16-7-8/h3-4,6-7,14H,5H2,1-2H3,(H,15,16). The van der Waals surface area contributed by atoms with Crippen LogP contribution in [0.4, 0.5) is 11.4 Å². The maximum absolute atomic E-state index is 11.6. The lowest BCUT2D eigenvalue weighted by Gasteiger charge is -2.12. The number of aromatic amines is 1. The number of hydrogen-bond acceptors (Lipinski definition) is 7. The molecule has 0 spiro atoms. The van der Waals surface area contributed by atoms with Crippen LogP contribution in [-0.2, 0) is 11.3 Å². The van der Waals surface area contributed by atoms with Crippen LogP contribution in [0.5, 0.6) is 5.75 Å². The molecule has 0 bridgehead atoms. The average Bonchev–Trinajstić information content (AvgIpc) is 3.04. The Morgan fingerprint density at radius 1 is 1.45 bits per heavy atom. The summed E-state index contributed by atoms with van der Waals surface area (Å²) in [6, 6.07) is 2.53. The lowest BCUT2D eigenvalue weighted by atomic mass is 10.1. The van der Waals surface area contributed by atoms with Crippen molar-refractivity contribution in [3.8, 4) is 5.75 Å². The zero-order chi connectivity index (χ0) is 16.1. The van der Waals surface area contributed by atoms with Gasteiger partial charge >= 0.3 is 5.97 Å². The van der Waals surface area contributed by atoms with E-state index in [1.807, 2.05) is 0 Å². The molecule has 9 nitrogen and oxygen atoms in total. The summed E-state index contributed by atoms with van der Waals surface area (Å²) in [5.41, 5.74) is 0.762. The molecule has 0 atom stereocenters. The highest BCUT2D eigenvalue weighted by Crippen LogP contribution is 2.36. The van der Waals surface area contributed by atoms with Crippen molar-refractivity contribution in [1.82, 2.24) is 10.2 Å². The summed E-state index contributed by atoms with van der Waals surface area (Å²) in [5, 5.41) is 20.6. The molecule has 2 N–H and O–H groups in total. The van der Waals surface area contributed by atoms with Crippen molar-refractivity contribution >= 4 is 17.3 Å². The Labute approximate surface area is 125 Å². The topological polar surface area (TPSA) is 119 Å². The van der Waals surface area contributed by atoms with Crippen LogP contribution in [0.2, 0.25) is 0 Å². The molecule has 2 aromatic rings. The number of carbonyl (C=O) groups is 1. The quantitative estimate of drug-likeness (QED) is 0.473. The third-order valence-corrected chi connectivity index (χ3v) is 2.94. The van der Waals surface area contributed by atoms with Gasteiger partial charge in [0.1, 0.15) is 5.75 Å². The summed E-state index contributed by atoms with van der Waals surface area (Å²) in [6.45, 7) is 0.311. The monoisotopic (exact) mass is 306 g/mol. The van der Waals surface area contributed by atoms with Crippen molar-refractivity contribution in [3.05, 3.63) is 45.8 Å². The number of nitrogens with one attached hydrogen (secondary N) is 2. The van der Waals surface area contributed by atoms with Crippen LogP contribution in [0.25, 0.3) is 0 Å². The number of anilines is 1. The van der Waals surface area contributed by atoms with Crippen molar-refractivity contribution in [1.29, 1.82) is 0 Å². The number of nitro benzene ring substituents is 1. The van der Waals surface area contributed by atoms with Gasteiger partial charge in [0.25, 0.3) is 5.69 Å². The van der Waals surface area contributed by atoms with Gasteiger partial charge in [-0.3, -0.25) is 15.2 Å². The molecule has 22 heavy (non-hydrogen) atoms. The summed E-state index contributed by atoms with van der Waals surface area (Å²) in [4.78, 5) is 22.2. The van der Waals surface area contributed by atoms with E-state index in [1.54, 1.807) is 12.4 Å². The number of benzene rings is 1. The minimum absolute atomic E-state index is 0.0416. The summed E-state index contributed by atoms with van der Waals surface area (Å²) in [7, 11) is 2.56. The van der Waals surface area contributed by atoms with E-state index in [9.17, 15) is 14.9 Å². The Kier molecular flexibility index (Phi) is 4.57. The van der Waals surface area contributed by atoms with E-state index in [0.29, 0.717) is 6.54 Å². The number of ether oxygens (including phenoxy) is 2. The Bertz CT molecular complexity index is 684.